The summed E-state index contributed by atoms with van der Waals surface area (Å²) in [5, 5.41) is 3.48. The molecular formula is C18H29NO2. The van der Waals surface area contributed by atoms with E-state index in [1.54, 1.807) is 0 Å². The number of nitrogens with one attached hydrogen (secondary N) is 1. The minimum Gasteiger partial charge on any atom is -0.491 e. The van der Waals surface area contributed by atoms with Crippen LogP contribution in [0.4, 0.5) is 0 Å². The van der Waals surface area contributed by atoms with E-state index in [1.807, 2.05) is 12.1 Å². The molecular weight excluding hydrogens is 262 g/mol. The molecule has 0 aromatic heterocycles. The fraction of sp³-hybridized carbons (Fsp3) is 0.667. The molecule has 1 fully saturated rings. The standard InChI is InChI=1S/C18H29NO2/c1-18(2,3)19-14-15-8-10-17(11-9-15)21-13-12-20-16-6-4-5-7-16/h8-11,16,19H,4-7,12-14H2,1-3H3. The Labute approximate surface area is 129 Å². The van der Waals surface area contributed by atoms with Gasteiger partial charge >= 0.3 is 0 Å². The van der Waals surface area contributed by atoms with Crippen LogP contribution in [0.2, 0.25) is 0 Å². The maximum absolute atomic E-state index is 5.79. The summed E-state index contributed by atoms with van der Waals surface area (Å²) in [7, 11) is 0. The molecule has 0 atom stereocenters. The fourth-order valence-corrected chi connectivity index (χ4v) is 2.50. The van der Waals surface area contributed by atoms with Gasteiger partial charge in [-0.05, 0) is 51.3 Å². The van der Waals surface area contributed by atoms with Crippen molar-refractivity contribution in [2.75, 3.05) is 13.2 Å². The fourth-order valence-electron chi connectivity index (χ4n) is 2.50. The van der Waals surface area contributed by atoms with Gasteiger partial charge in [-0.1, -0.05) is 25.0 Å². The van der Waals surface area contributed by atoms with Crippen LogP contribution in [0.3, 0.4) is 0 Å². The van der Waals surface area contributed by atoms with Crippen molar-refractivity contribution in [3.8, 4) is 5.75 Å². The maximum Gasteiger partial charge on any atom is 0.119 e. The van der Waals surface area contributed by atoms with Crippen LogP contribution in [0.5, 0.6) is 5.75 Å². The zero-order valence-electron chi connectivity index (χ0n) is 13.7. The van der Waals surface area contributed by atoms with Crippen molar-refractivity contribution in [3.63, 3.8) is 0 Å². The van der Waals surface area contributed by atoms with Crippen molar-refractivity contribution in [1.82, 2.24) is 5.32 Å². The predicted octanol–water partition coefficient (Wildman–Crippen LogP) is 3.91. The molecule has 0 bridgehead atoms. The Bertz CT molecular complexity index is 402. The van der Waals surface area contributed by atoms with Gasteiger partial charge in [0.15, 0.2) is 0 Å². The molecule has 0 spiro atoms. The summed E-state index contributed by atoms with van der Waals surface area (Å²) < 4.78 is 11.5. The van der Waals surface area contributed by atoms with Crippen molar-refractivity contribution in [2.45, 2.75) is 64.6 Å². The van der Waals surface area contributed by atoms with Gasteiger partial charge in [-0.3, -0.25) is 0 Å². The first kappa shape index (κ1) is 16.3. The smallest absolute Gasteiger partial charge is 0.119 e. The van der Waals surface area contributed by atoms with Crippen LogP contribution < -0.4 is 10.1 Å². The number of hydrogen-bond donors (Lipinski definition) is 1. The highest BCUT2D eigenvalue weighted by atomic mass is 16.5. The average Bonchev–Trinajstić information content (AvgIpc) is 2.95. The van der Waals surface area contributed by atoms with Crippen LogP contribution in [0, 0.1) is 0 Å². The summed E-state index contributed by atoms with van der Waals surface area (Å²) in [6.45, 7) is 8.74. The van der Waals surface area contributed by atoms with Gasteiger partial charge in [-0.2, -0.15) is 0 Å². The first-order valence-corrected chi connectivity index (χ1v) is 8.11. The molecule has 0 amide bonds. The molecule has 1 aliphatic rings. The number of rotatable bonds is 7. The van der Waals surface area contributed by atoms with Gasteiger partial charge in [0.25, 0.3) is 0 Å². The largest absolute Gasteiger partial charge is 0.491 e. The number of ether oxygens (including phenoxy) is 2. The molecule has 21 heavy (non-hydrogen) atoms. The highest BCUT2D eigenvalue weighted by Gasteiger charge is 2.14. The van der Waals surface area contributed by atoms with E-state index < -0.39 is 0 Å². The minimum atomic E-state index is 0.146. The van der Waals surface area contributed by atoms with Crippen LogP contribution in [0.25, 0.3) is 0 Å². The van der Waals surface area contributed by atoms with E-state index in [9.17, 15) is 0 Å². The first-order valence-electron chi connectivity index (χ1n) is 8.11. The third kappa shape index (κ3) is 6.49. The molecule has 0 unspecified atom stereocenters. The lowest BCUT2D eigenvalue weighted by atomic mass is 10.1. The van der Waals surface area contributed by atoms with Gasteiger partial charge < -0.3 is 14.8 Å². The summed E-state index contributed by atoms with van der Waals surface area (Å²) >= 11 is 0. The normalized spacial score (nSPS) is 16.3. The second-order valence-corrected chi connectivity index (χ2v) is 6.87. The molecule has 0 saturated heterocycles. The van der Waals surface area contributed by atoms with E-state index in [0.29, 0.717) is 19.3 Å². The highest BCUT2D eigenvalue weighted by Crippen LogP contribution is 2.20. The Balaban J connectivity index is 1.64. The third-order valence-corrected chi connectivity index (χ3v) is 3.75. The summed E-state index contributed by atoms with van der Waals surface area (Å²) in [6, 6.07) is 8.31. The van der Waals surface area contributed by atoms with E-state index in [0.717, 1.165) is 12.3 Å². The molecule has 1 aromatic carbocycles. The first-order chi connectivity index (χ1) is 10.0. The van der Waals surface area contributed by atoms with E-state index in [4.69, 9.17) is 9.47 Å². The van der Waals surface area contributed by atoms with E-state index in [-0.39, 0.29) is 5.54 Å². The van der Waals surface area contributed by atoms with E-state index in [1.165, 1.54) is 31.2 Å². The molecule has 2 rings (SSSR count). The minimum absolute atomic E-state index is 0.146. The van der Waals surface area contributed by atoms with Gasteiger partial charge in [-0.25, -0.2) is 0 Å². The summed E-state index contributed by atoms with van der Waals surface area (Å²) in [5.74, 6) is 0.921. The molecule has 0 radical (unpaired) electrons. The lowest BCUT2D eigenvalue weighted by Crippen LogP contribution is -2.35. The highest BCUT2D eigenvalue weighted by molar-refractivity contribution is 5.27. The maximum atomic E-state index is 5.79. The molecule has 118 valence electrons. The number of benzene rings is 1. The van der Waals surface area contributed by atoms with Crippen LogP contribution >= 0.6 is 0 Å². The summed E-state index contributed by atoms with van der Waals surface area (Å²) in [5.41, 5.74) is 1.42. The third-order valence-electron chi connectivity index (χ3n) is 3.75. The molecule has 3 nitrogen and oxygen atoms in total. The molecule has 1 aliphatic carbocycles. The van der Waals surface area contributed by atoms with Crippen molar-refractivity contribution < 1.29 is 9.47 Å². The Morgan fingerprint density at radius 2 is 1.71 bits per heavy atom. The molecule has 1 saturated carbocycles. The second kappa shape index (κ2) is 7.81. The monoisotopic (exact) mass is 291 g/mol. The van der Waals surface area contributed by atoms with Crippen molar-refractivity contribution in [2.24, 2.45) is 0 Å². The Morgan fingerprint density at radius 3 is 2.33 bits per heavy atom. The molecule has 0 aliphatic heterocycles. The lowest BCUT2D eigenvalue weighted by molar-refractivity contribution is 0.0382. The van der Waals surface area contributed by atoms with Crippen LogP contribution in [0.15, 0.2) is 24.3 Å². The topological polar surface area (TPSA) is 30.5 Å². The predicted molar refractivity (Wildman–Crippen MR) is 86.7 cm³/mol. The molecule has 3 heteroatoms. The van der Waals surface area contributed by atoms with Gasteiger partial charge in [0.05, 0.1) is 12.7 Å². The molecule has 1 aromatic rings. The SMILES string of the molecule is CC(C)(C)NCc1ccc(OCCOC2CCCC2)cc1. The van der Waals surface area contributed by atoms with E-state index in [2.05, 4.69) is 38.2 Å². The van der Waals surface area contributed by atoms with Gasteiger partial charge in [-0.15, -0.1) is 0 Å². The summed E-state index contributed by atoms with van der Waals surface area (Å²) in [4.78, 5) is 0. The zero-order valence-corrected chi connectivity index (χ0v) is 13.7. The van der Waals surface area contributed by atoms with Gasteiger partial charge in [0.2, 0.25) is 0 Å². The van der Waals surface area contributed by atoms with Crippen molar-refractivity contribution in [3.05, 3.63) is 29.8 Å². The Hall–Kier alpha value is -1.06. The lowest BCUT2D eigenvalue weighted by Gasteiger charge is -2.20. The quantitative estimate of drug-likeness (QED) is 0.773. The van der Waals surface area contributed by atoms with Crippen LogP contribution in [-0.2, 0) is 11.3 Å². The number of hydrogen-bond acceptors (Lipinski definition) is 3. The van der Waals surface area contributed by atoms with E-state index >= 15 is 0 Å². The second-order valence-electron chi connectivity index (χ2n) is 6.87. The van der Waals surface area contributed by atoms with Crippen molar-refractivity contribution >= 4 is 0 Å². The van der Waals surface area contributed by atoms with Crippen molar-refractivity contribution in [1.29, 1.82) is 0 Å². The van der Waals surface area contributed by atoms with Crippen LogP contribution in [-0.4, -0.2) is 24.9 Å². The average molecular weight is 291 g/mol. The Kier molecular flexibility index (Phi) is 6.07. The zero-order chi connectivity index (χ0) is 15.1. The Morgan fingerprint density at radius 1 is 1.05 bits per heavy atom. The molecule has 0 heterocycles. The van der Waals surface area contributed by atoms with Crippen LogP contribution in [0.1, 0.15) is 52.0 Å². The molecule has 1 N–H and O–H groups in total. The van der Waals surface area contributed by atoms with Gasteiger partial charge in [0.1, 0.15) is 12.4 Å². The van der Waals surface area contributed by atoms with Gasteiger partial charge in [0, 0.05) is 12.1 Å². The summed E-state index contributed by atoms with van der Waals surface area (Å²) in [6.07, 6.45) is 5.54.